The minimum Gasteiger partial charge on any atom is -0.348 e. The SMILES string of the molecule is N#C[C@H]1CCC[C@@H]1NC(=O)c1c(F)cccc1Br. The van der Waals surface area contributed by atoms with Crippen LogP contribution in [-0.2, 0) is 0 Å². The summed E-state index contributed by atoms with van der Waals surface area (Å²) in [5.74, 6) is -1.19. The Morgan fingerprint density at radius 2 is 2.28 bits per heavy atom. The molecule has 0 spiro atoms. The number of nitrogens with one attached hydrogen (secondary N) is 1. The van der Waals surface area contributed by atoms with Gasteiger partial charge in [0, 0.05) is 10.5 Å². The summed E-state index contributed by atoms with van der Waals surface area (Å²) in [6.07, 6.45) is 2.48. The Balaban J connectivity index is 2.16. The van der Waals surface area contributed by atoms with Crippen LogP contribution in [0.1, 0.15) is 29.6 Å². The van der Waals surface area contributed by atoms with Crippen molar-refractivity contribution in [1.82, 2.24) is 5.32 Å². The molecule has 0 saturated heterocycles. The van der Waals surface area contributed by atoms with E-state index in [0.29, 0.717) is 4.47 Å². The van der Waals surface area contributed by atoms with Gasteiger partial charge < -0.3 is 5.32 Å². The molecule has 1 aromatic carbocycles. The lowest BCUT2D eigenvalue weighted by molar-refractivity contribution is 0.0928. The summed E-state index contributed by atoms with van der Waals surface area (Å²) < 4.78 is 14.0. The fraction of sp³-hybridized carbons (Fsp3) is 0.385. The molecule has 2 rings (SSSR count). The Hall–Kier alpha value is -1.41. The van der Waals surface area contributed by atoms with Crippen LogP contribution in [0.3, 0.4) is 0 Å². The molecule has 1 aromatic rings. The highest BCUT2D eigenvalue weighted by molar-refractivity contribution is 9.10. The fourth-order valence-corrected chi connectivity index (χ4v) is 2.76. The second kappa shape index (κ2) is 5.49. The van der Waals surface area contributed by atoms with Crippen LogP contribution in [0.5, 0.6) is 0 Å². The quantitative estimate of drug-likeness (QED) is 0.913. The molecule has 1 fully saturated rings. The number of rotatable bonds is 2. The molecule has 0 aliphatic heterocycles. The zero-order valence-corrected chi connectivity index (χ0v) is 11.2. The predicted octanol–water partition coefficient (Wildman–Crippen LogP) is 3.01. The molecule has 1 N–H and O–H groups in total. The van der Waals surface area contributed by atoms with Crippen LogP contribution in [0.4, 0.5) is 4.39 Å². The lowest BCUT2D eigenvalue weighted by Gasteiger charge is -2.16. The highest BCUT2D eigenvalue weighted by Gasteiger charge is 2.29. The zero-order valence-electron chi connectivity index (χ0n) is 9.62. The van der Waals surface area contributed by atoms with Gasteiger partial charge in [0.1, 0.15) is 5.82 Å². The molecule has 1 amide bonds. The van der Waals surface area contributed by atoms with E-state index in [4.69, 9.17) is 5.26 Å². The van der Waals surface area contributed by atoms with Gasteiger partial charge >= 0.3 is 0 Å². The second-order valence-corrected chi connectivity index (χ2v) is 5.20. The first-order valence-electron chi connectivity index (χ1n) is 5.78. The molecule has 0 heterocycles. The first-order valence-corrected chi connectivity index (χ1v) is 6.57. The molecule has 1 aliphatic rings. The van der Waals surface area contributed by atoms with E-state index in [1.165, 1.54) is 12.1 Å². The number of amides is 1. The Kier molecular flexibility index (Phi) is 3.97. The molecule has 0 unspecified atom stereocenters. The van der Waals surface area contributed by atoms with Gasteiger partial charge in [0.15, 0.2) is 0 Å². The van der Waals surface area contributed by atoms with Crippen molar-refractivity contribution < 1.29 is 9.18 Å². The van der Waals surface area contributed by atoms with Crippen molar-refractivity contribution >= 4 is 21.8 Å². The lowest BCUT2D eigenvalue weighted by Crippen LogP contribution is -2.37. The van der Waals surface area contributed by atoms with Crippen LogP contribution in [0.2, 0.25) is 0 Å². The smallest absolute Gasteiger partial charge is 0.255 e. The van der Waals surface area contributed by atoms with Gasteiger partial charge in [-0.1, -0.05) is 6.07 Å². The van der Waals surface area contributed by atoms with Gasteiger partial charge in [-0.25, -0.2) is 4.39 Å². The van der Waals surface area contributed by atoms with Gasteiger partial charge in [-0.3, -0.25) is 4.79 Å². The Morgan fingerprint density at radius 1 is 1.50 bits per heavy atom. The minimum absolute atomic E-state index is 0.00101. The summed E-state index contributed by atoms with van der Waals surface area (Å²) in [5, 5.41) is 11.7. The molecule has 5 heteroatoms. The maximum absolute atomic E-state index is 13.6. The molecule has 94 valence electrons. The third-order valence-electron chi connectivity index (χ3n) is 3.19. The molecular formula is C13H12BrFN2O. The number of nitrogens with zero attached hydrogens (tertiary/aromatic N) is 1. The molecule has 0 aromatic heterocycles. The van der Waals surface area contributed by atoms with Crippen molar-refractivity contribution in [3.05, 3.63) is 34.1 Å². The summed E-state index contributed by atoms with van der Waals surface area (Å²) in [6.45, 7) is 0. The van der Waals surface area contributed by atoms with Crippen molar-refractivity contribution in [1.29, 1.82) is 5.26 Å². The second-order valence-electron chi connectivity index (χ2n) is 4.34. The third kappa shape index (κ3) is 2.54. The fourth-order valence-electron chi connectivity index (χ4n) is 2.24. The number of nitriles is 1. The lowest BCUT2D eigenvalue weighted by atomic mass is 10.1. The standard InChI is InChI=1S/C13H12BrFN2O/c14-9-4-2-5-10(15)12(9)13(18)17-11-6-1-3-8(11)7-16/h2,4-5,8,11H,1,3,6H2,(H,17,18)/t8-,11+/m1/s1. The Bertz CT molecular complexity index is 492. The van der Waals surface area contributed by atoms with Crippen LogP contribution >= 0.6 is 15.9 Å². The summed E-state index contributed by atoms with van der Waals surface area (Å²) in [7, 11) is 0. The van der Waals surface area contributed by atoms with Crippen LogP contribution in [-0.4, -0.2) is 11.9 Å². The summed E-state index contributed by atoms with van der Waals surface area (Å²) >= 11 is 3.16. The summed E-state index contributed by atoms with van der Waals surface area (Å²) in [6, 6.07) is 6.40. The van der Waals surface area contributed by atoms with E-state index in [-0.39, 0.29) is 17.5 Å². The molecule has 0 bridgehead atoms. The van der Waals surface area contributed by atoms with E-state index in [9.17, 15) is 9.18 Å². The monoisotopic (exact) mass is 310 g/mol. The van der Waals surface area contributed by atoms with Crippen molar-refractivity contribution in [2.24, 2.45) is 5.92 Å². The summed E-state index contributed by atoms with van der Waals surface area (Å²) in [5.41, 5.74) is 0.00101. The third-order valence-corrected chi connectivity index (χ3v) is 3.85. The van der Waals surface area contributed by atoms with Gasteiger partial charge in [-0.15, -0.1) is 0 Å². The first-order chi connectivity index (χ1) is 8.63. The highest BCUT2D eigenvalue weighted by Crippen LogP contribution is 2.26. The number of halogens is 2. The number of carbonyl (C=O) groups excluding carboxylic acids is 1. The average molecular weight is 311 g/mol. The normalized spacial score (nSPS) is 22.5. The predicted molar refractivity (Wildman–Crippen MR) is 68.3 cm³/mol. The van der Waals surface area contributed by atoms with Crippen molar-refractivity contribution in [2.45, 2.75) is 25.3 Å². The zero-order chi connectivity index (χ0) is 13.1. The molecule has 2 atom stereocenters. The van der Waals surface area contributed by atoms with Gasteiger partial charge in [-0.2, -0.15) is 5.26 Å². The van der Waals surface area contributed by atoms with Crippen LogP contribution in [0.15, 0.2) is 22.7 Å². The van der Waals surface area contributed by atoms with E-state index in [2.05, 4.69) is 27.3 Å². The van der Waals surface area contributed by atoms with Crippen LogP contribution in [0, 0.1) is 23.1 Å². The van der Waals surface area contributed by atoms with E-state index in [1.54, 1.807) is 6.07 Å². The summed E-state index contributed by atoms with van der Waals surface area (Å²) in [4.78, 5) is 12.0. The van der Waals surface area contributed by atoms with E-state index >= 15 is 0 Å². The highest BCUT2D eigenvalue weighted by atomic mass is 79.9. The number of benzene rings is 1. The molecule has 18 heavy (non-hydrogen) atoms. The molecule has 1 saturated carbocycles. The van der Waals surface area contributed by atoms with Gasteiger partial charge in [0.25, 0.3) is 5.91 Å². The van der Waals surface area contributed by atoms with Gasteiger partial charge in [-0.05, 0) is 47.3 Å². The average Bonchev–Trinajstić information content (AvgIpc) is 2.76. The van der Waals surface area contributed by atoms with E-state index in [1.807, 2.05) is 0 Å². The van der Waals surface area contributed by atoms with E-state index in [0.717, 1.165) is 19.3 Å². The van der Waals surface area contributed by atoms with Gasteiger partial charge in [0.2, 0.25) is 0 Å². The van der Waals surface area contributed by atoms with Crippen molar-refractivity contribution in [3.8, 4) is 6.07 Å². The number of hydrogen-bond acceptors (Lipinski definition) is 2. The molecule has 0 radical (unpaired) electrons. The molecular weight excluding hydrogens is 299 g/mol. The maximum atomic E-state index is 13.6. The Labute approximate surface area is 113 Å². The number of carbonyl (C=O) groups is 1. The van der Waals surface area contributed by atoms with Gasteiger partial charge in [0.05, 0.1) is 17.6 Å². The Morgan fingerprint density at radius 3 is 2.94 bits per heavy atom. The molecule has 1 aliphatic carbocycles. The first kappa shape index (κ1) is 13.0. The van der Waals surface area contributed by atoms with Crippen molar-refractivity contribution in [2.75, 3.05) is 0 Å². The largest absolute Gasteiger partial charge is 0.348 e. The maximum Gasteiger partial charge on any atom is 0.255 e. The topological polar surface area (TPSA) is 52.9 Å². The number of hydrogen-bond donors (Lipinski definition) is 1. The van der Waals surface area contributed by atoms with Crippen LogP contribution < -0.4 is 5.32 Å². The van der Waals surface area contributed by atoms with E-state index < -0.39 is 11.7 Å². The van der Waals surface area contributed by atoms with Crippen LogP contribution in [0.25, 0.3) is 0 Å². The van der Waals surface area contributed by atoms with Crippen molar-refractivity contribution in [3.63, 3.8) is 0 Å². The molecule has 3 nitrogen and oxygen atoms in total. The minimum atomic E-state index is -0.562.